The Bertz CT molecular complexity index is 1010. The fourth-order valence-electron chi connectivity index (χ4n) is 3.14. The number of methoxy groups -OCH3 is 2. The molecule has 2 aromatic carbocycles. The Hall–Kier alpha value is -3.55. The first kappa shape index (κ1) is 21.2. The second-order valence-corrected chi connectivity index (χ2v) is 7.32. The van der Waals surface area contributed by atoms with Crippen molar-refractivity contribution >= 4 is 28.8 Å². The van der Waals surface area contributed by atoms with Gasteiger partial charge in [0.05, 0.1) is 25.3 Å². The van der Waals surface area contributed by atoms with Gasteiger partial charge in [0.2, 0.25) is 11.9 Å². The first-order chi connectivity index (χ1) is 14.4. The lowest BCUT2D eigenvalue weighted by molar-refractivity contribution is -0.118. The van der Waals surface area contributed by atoms with Gasteiger partial charge in [0.1, 0.15) is 6.04 Å². The lowest BCUT2D eigenvalue weighted by atomic mass is 10.0. The van der Waals surface area contributed by atoms with Crippen molar-refractivity contribution in [2.75, 3.05) is 19.5 Å². The van der Waals surface area contributed by atoms with E-state index in [1.807, 2.05) is 38.1 Å². The fraction of sp³-hybridized carbons (Fsp3) is 0.318. The van der Waals surface area contributed by atoms with Crippen molar-refractivity contribution in [2.45, 2.75) is 26.3 Å². The van der Waals surface area contributed by atoms with Crippen LogP contribution in [0.25, 0.3) is 11.0 Å². The van der Waals surface area contributed by atoms with Gasteiger partial charge in [0.25, 0.3) is 5.91 Å². The summed E-state index contributed by atoms with van der Waals surface area (Å²) in [6.45, 7) is 3.98. The Morgan fingerprint density at radius 2 is 1.80 bits per heavy atom. The molecule has 0 fully saturated rings. The number of benzene rings is 2. The number of fused-ring (bicyclic) bond motifs is 1. The van der Waals surface area contributed by atoms with Gasteiger partial charge in [-0.25, -0.2) is 4.98 Å². The van der Waals surface area contributed by atoms with Crippen LogP contribution in [-0.4, -0.2) is 42.0 Å². The molecule has 0 unspecified atom stereocenters. The van der Waals surface area contributed by atoms with E-state index in [-0.39, 0.29) is 17.7 Å². The third-order valence-corrected chi connectivity index (χ3v) is 4.61. The van der Waals surface area contributed by atoms with Crippen LogP contribution in [0.3, 0.4) is 0 Å². The van der Waals surface area contributed by atoms with Crippen molar-refractivity contribution < 1.29 is 19.1 Å². The van der Waals surface area contributed by atoms with Crippen molar-refractivity contribution in [3.05, 3.63) is 48.0 Å². The number of carbonyl (C=O) groups excluding carboxylic acids is 2. The average molecular weight is 410 g/mol. The van der Waals surface area contributed by atoms with E-state index in [1.165, 1.54) is 14.2 Å². The molecule has 1 heterocycles. The maximum absolute atomic E-state index is 12.9. The largest absolute Gasteiger partial charge is 0.493 e. The van der Waals surface area contributed by atoms with Crippen LogP contribution in [0, 0.1) is 5.92 Å². The number of imidazole rings is 1. The van der Waals surface area contributed by atoms with Gasteiger partial charge in [-0.15, -0.1) is 0 Å². The fourth-order valence-corrected chi connectivity index (χ4v) is 3.14. The van der Waals surface area contributed by atoms with Gasteiger partial charge < -0.3 is 19.8 Å². The number of aromatic amines is 1. The first-order valence-corrected chi connectivity index (χ1v) is 9.69. The molecule has 3 aromatic rings. The van der Waals surface area contributed by atoms with E-state index in [9.17, 15) is 9.59 Å². The number of H-pyrrole nitrogens is 1. The summed E-state index contributed by atoms with van der Waals surface area (Å²) in [5.41, 5.74) is 1.95. The Labute approximate surface area is 175 Å². The van der Waals surface area contributed by atoms with Crippen LogP contribution in [-0.2, 0) is 4.79 Å². The molecule has 158 valence electrons. The highest BCUT2D eigenvalue weighted by Crippen LogP contribution is 2.27. The first-order valence-electron chi connectivity index (χ1n) is 9.69. The summed E-state index contributed by atoms with van der Waals surface area (Å²) in [4.78, 5) is 33.1. The van der Waals surface area contributed by atoms with E-state index < -0.39 is 6.04 Å². The molecule has 0 aliphatic heterocycles. The summed E-state index contributed by atoms with van der Waals surface area (Å²) in [6.07, 6.45) is 0.477. The summed E-state index contributed by atoms with van der Waals surface area (Å²) >= 11 is 0. The molecular formula is C22H26N4O4. The molecule has 0 spiro atoms. The number of aromatic nitrogens is 2. The van der Waals surface area contributed by atoms with Gasteiger partial charge >= 0.3 is 0 Å². The number of ether oxygens (including phenoxy) is 2. The van der Waals surface area contributed by atoms with Crippen molar-refractivity contribution in [1.29, 1.82) is 0 Å². The van der Waals surface area contributed by atoms with Crippen LogP contribution in [0.2, 0.25) is 0 Å². The van der Waals surface area contributed by atoms with Crippen LogP contribution in [0.4, 0.5) is 5.95 Å². The van der Waals surface area contributed by atoms with Gasteiger partial charge in [-0.05, 0) is 42.7 Å². The normalized spacial score (nSPS) is 11.9. The molecule has 8 nitrogen and oxygen atoms in total. The molecule has 0 saturated carbocycles. The Balaban J connectivity index is 1.76. The predicted molar refractivity (Wildman–Crippen MR) is 115 cm³/mol. The molecule has 8 heteroatoms. The number of para-hydroxylation sites is 2. The van der Waals surface area contributed by atoms with Gasteiger partial charge in [-0.2, -0.15) is 0 Å². The third kappa shape index (κ3) is 4.89. The second kappa shape index (κ2) is 9.30. The zero-order valence-electron chi connectivity index (χ0n) is 17.5. The maximum atomic E-state index is 12.9. The topological polar surface area (TPSA) is 105 Å². The van der Waals surface area contributed by atoms with Gasteiger partial charge in [-0.1, -0.05) is 26.0 Å². The van der Waals surface area contributed by atoms with E-state index in [0.717, 1.165) is 11.0 Å². The monoisotopic (exact) mass is 410 g/mol. The van der Waals surface area contributed by atoms with Crippen LogP contribution < -0.4 is 20.1 Å². The van der Waals surface area contributed by atoms with E-state index in [4.69, 9.17) is 9.47 Å². The number of hydrogen-bond acceptors (Lipinski definition) is 5. The molecule has 1 atom stereocenters. The van der Waals surface area contributed by atoms with Crippen molar-refractivity contribution in [2.24, 2.45) is 5.92 Å². The lowest BCUT2D eigenvalue weighted by Gasteiger charge is -2.20. The number of rotatable bonds is 8. The number of nitrogens with zero attached hydrogens (tertiary/aromatic N) is 1. The minimum Gasteiger partial charge on any atom is -0.493 e. The number of nitrogens with one attached hydrogen (secondary N) is 3. The van der Waals surface area contributed by atoms with Crippen LogP contribution in [0.15, 0.2) is 42.5 Å². The summed E-state index contributed by atoms with van der Waals surface area (Å²) in [7, 11) is 3.03. The molecule has 3 N–H and O–H groups in total. The number of carbonyl (C=O) groups is 2. The smallest absolute Gasteiger partial charge is 0.252 e. The molecule has 3 rings (SSSR count). The quantitative estimate of drug-likeness (QED) is 0.528. The van der Waals surface area contributed by atoms with Gasteiger partial charge in [0, 0.05) is 5.56 Å². The summed E-state index contributed by atoms with van der Waals surface area (Å²) in [5, 5.41) is 5.59. The highest BCUT2D eigenvalue weighted by atomic mass is 16.5. The van der Waals surface area contributed by atoms with E-state index in [0.29, 0.717) is 29.4 Å². The second-order valence-electron chi connectivity index (χ2n) is 7.32. The summed E-state index contributed by atoms with van der Waals surface area (Å²) in [6, 6.07) is 11.6. The van der Waals surface area contributed by atoms with Crippen molar-refractivity contribution in [3.63, 3.8) is 0 Å². The standard InChI is InChI=1S/C22H26N4O4/c1-13(2)11-17(21(28)26-22-24-15-7-5-6-8-16(15)25-22)23-20(27)14-9-10-18(29-3)19(12-14)30-4/h5-10,12-13,17H,11H2,1-4H3,(H,23,27)(H2,24,25,26,28)/t17-/m1/s1. The molecular weight excluding hydrogens is 384 g/mol. The van der Waals surface area contributed by atoms with Crippen molar-refractivity contribution in [3.8, 4) is 11.5 Å². The highest BCUT2D eigenvalue weighted by Gasteiger charge is 2.24. The zero-order valence-corrected chi connectivity index (χ0v) is 17.5. The van der Waals surface area contributed by atoms with Gasteiger partial charge in [0.15, 0.2) is 11.5 Å². The number of hydrogen-bond donors (Lipinski definition) is 3. The molecule has 1 aromatic heterocycles. The highest BCUT2D eigenvalue weighted by molar-refractivity contribution is 6.01. The van der Waals surface area contributed by atoms with E-state index in [1.54, 1.807) is 18.2 Å². The maximum Gasteiger partial charge on any atom is 0.252 e. The molecule has 2 amide bonds. The Morgan fingerprint density at radius 1 is 1.07 bits per heavy atom. The molecule has 0 aliphatic carbocycles. The predicted octanol–water partition coefficient (Wildman–Crippen LogP) is 3.36. The summed E-state index contributed by atoms with van der Waals surface area (Å²) in [5.74, 6) is 0.795. The van der Waals surface area contributed by atoms with Crippen LogP contribution >= 0.6 is 0 Å². The number of amides is 2. The number of anilines is 1. The lowest BCUT2D eigenvalue weighted by Crippen LogP contribution is -2.44. The van der Waals surface area contributed by atoms with Crippen molar-refractivity contribution in [1.82, 2.24) is 15.3 Å². The Kier molecular flexibility index (Phi) is 6.56. The SMILES string of the molecule is COc1ccc(C(=O)N[C@H](CC(C)C)C(=O)Nc2nc3ccccc3[nH]2)cc1OC. The van der Waals surface area contributed by atoms with E-state index in [2.05, 4.69) is 20.6 Å². The molecule has 0 aliphatic rings. The molecule has 0 radical (unpaired) electrons. The Morgan fingerprint density at radius 3 is 2.47 bits per heavy atom. The summed E-state index contributed by atoms with van der Waals surface area (Å²) < 4.78 is 10.5. The third-order valence-electron chi connectivity index (χ3n) is 4.61. The van der Waals surface area contributed by atoms with E-state index >= 15 is 0 Å². The minimum atomic E-state index is -0.723. The molecule has 0 saturated heterocycles. The molecule has 0 bridgehead atoms. The van der Waals surface area contributed by atoms with Crippen LogP contribution in [0.1, 0.15) is 30.6 Å². The van der Waals surface area contributed by atoms with Crippen LogP contribution in [0.5, 0.6) is 11.5 Å². The minimum absolute atomic E-state index is 0.196. The molecule has 30 heavy (non-hydrogen) atoms. The average Bonchev–Trinajstić information content (AvgIpc) is 3.14. The zero-order chi connectivity index (χ0) is 21.7. The van der Waals surface area contributed by atoms with Gasteiger partial charge in [-0.3, -0.25) is 14.9 Å².